The molecule has 2 unspecified atom stereocenters. The summed E-state index contributed by atoms with van der Waals surface area (Å²) in [5, 5.41) is 0. The molecule has 17 heavy (non-hydrogen) atoms. The molecule has 1 fully saturated rings. The number of rotatable bonds is 3. The number of hydrogen-bond donors (Lipinski definition) is 0. The van der Waals surface area contributed by atoms with Gasteiger partial charge in [-0.05, 0) is 55.7 Å². The van der Waals surface area contributed by atoms with E-state index in [9.17, 15) is 4.79 Å². The standard InChI is InChI=1S/C16H22O/c1-11-4-7-15(8-11)16(17)10-14-6-5-12(2)13(3)9-14/h5-6,9,11,15H,4,7-8,10H2,1-3H3. The van der Waals surface area contributed by atoms with Crippen LogP contribution < -0.4 is 0 Å². The molecule has 1 aliphatic carbocycles. The van der Waals surface area contributed by atoms with Crippen LogP contribution in [0, 0.1) is 25.7 Å². The first-order valence-corrected chi connectivity index (χ1v) is 6.65. The molecule has 1 aliphatic rings. The van der Waals surface area contributed by atoms with Crippen LogP contribution in [0.25, 0.3) is 0 Å². The Hall–Kier alpha value is -1.11. The number of carbonyl (C=O) groups is 1. The Balaban J connectivity index is 2.00. The molecule has 1 saturated carbocycles. The average Bonchev–Trinajstić information content (AvgIpc) is 2.70. The second kappa shape index (κ2) is 5.03. The summed E-state index contributed by atoms with van der Waals surface area (Å²) in [4.78, 5) is 12.2. The van der Waals surface area contributed by atoms with Crippen LogP contribution in [0.5, 0.6) is 0 Å². The highest BCUT2D eigenvalue weighted by atomic mass is 16.1. The molecule has 0 N–H and O–H groups in total. The van der Waals surface area contributed by atoms with Gasteiger partial charge in [-0.1, -0.05) is 25.1 Å². The van der Waals surface area contributed by atoms with E-state index in [-0.39, 0.29) is 0 Å². The van der Waals surface area contributed by atoms with Gasteiger partial charge >= 0.3 is 0 Å². The summed E-state index contributed by atoms with van der Waals surface area (Å²) < 4.78 is 0. The second-order valence-electron chi connectivity index (χ2n) is 5.68. The third-order valence-corrected chi connectivity index (χ3v) is 4.10. The topological polar surface area (TPSA) is 17.1 Å². The van der Waals surface area contributed by atoms with Crippen molar-refractivity contribution in [1.29, 1.82) is 0 Å². The summed E-state index contributed by atoms with van der Waals surface area (Å²) in [6, 6.07) is 6.37. The van der Waals surface area contributed by atoms with Crippen molar-refractivity contribution in [3.05, 3.63) is 34.9 Å². The maximum Gasteiger partial charge on any atom is 0.140 e. The first-order chi connectivity index (χ1) is 8.06. The van der Waals surface area contributed by atoms with E-state index in [1.807, 2.05) is 0 Å². The lowest BCUT2D eigenvalue weighted by atomic mass is 9.94. The average molecular weight is 230 g/mol. The van der Waals surface area contributed by atoms with Crippen molar-refractivity contribution in [1.82, 2.24) is 0 Å². The first-order valence-electron chi connectivity index (χ1n) is 6.65. The van der Waals surface area contributed by atoms with Gasteiger partial charge < -0.3 is 0 Å². The number of hydrogen-bond acceptors (Lipinski definition) is 1. The number of benzene rings is 1. The Morgan fingerprint density at radius 3 is 2.59 bits per heavy atom. The summed E-state index contributed by atoms with van der Waals surface area (Å²) in [5.74, 6) is 1.51. The Morgan fingerprint density at radius 2 is 2.00 bits per heavy atom. The summed E-state index contributed by atoms with van der Waals surface area (Å²) in [6.45, 7) is 6.48. The highest BCUT2D eigenvalue weighted by molar-refractivity contribution is 5.83. The minimum Gasteiger partial charge on any atom is -0.299 e. The summed E-state index contributed by atoms with van der Waals surface area (Å²) in [6.07, 6.45) is 4.05. The maximum atomic E-state index is 12.2. The maximum absolute atomic E-state index is 12.2. The molecule has 2 atom stereocenters. The van der Waals surface area contributed by atoms with Crippen LogP contribution in [0.2, 0.25) is 0 Å². The van der Waals surface area contributed by atoms with Gasteiger partial charge in [0.1, 0.15) is 5.78 Å². The Bertz CT molecular complexity index is 420. The second-order valence-corrected chi connectivity index (χ2v) is 5.68. The van der Waals surface area contributed by atoms with E-state index in [1.165, 1.54) is 23.1 Å². The summed E-state index contributed by atoms with van der Waals surface area (Å²) >= 11 is 0. The number of aryl methyl sites for hydroxylation is 2. The van der Waals surface area contributed by atoms with E-state index in [4.69, 9.17) is 0 Å². The van der Waals surface area contributed by atoms with Crippen molar-refractivity contribution in [2.24, 2.45) is 11.8 Å². The quantitative estimate of drug-likeness (QED) is 0.770. The van der Waals surface area contributed by atoms with Crippen LogP contribution in [0.4, 0.5) is 0 Å². The molecule has 0 aromatic heterocycles. The molecule has 0 saturated heterocycles. The molecule has 0 heterocycles. The van der Waals surface area contributed by atoms with Crippen molar-refractivity contribution in [3.63, 3.8) is 0 Å². The molecular weight excluding hydrogens is 208 g/mol. The molecular formula is C16H22O. The highest BCUT2D eigenvalue weighted by Gasteiger charge is 2.26. The van der Waals surface area contributed by atoms with E-state index >= 15 is 0 Å². The van der Waals surface area contributed by atoms with Gasteiger partial charge in [-0.15, -0.1) is 0 Å². The third-order valence-electron chi connectivity index (χ3n) is 4.10. The van der Waals surface area contributed by atoms with Crippen LogP contribution in [0.1, 0.15) is 42.9 Å². The van der Waals surface area contributed by atoms with E-state index < -0.39 is 0 Å². The number of Topliss-reactive ketones (excluding diaryl/α,β-unsaturated/α-hetero) is 1. The van der Waals surface area contributed by atoms with E-state index in [2.05, 4.69) is 39.0 Å². The van der Waals surface area contributed by atoms with Crippen LogP contribution >= 0.6 is 0 Å². The molecule has 0 amide bonds. The van der Waals surface area contributed by atoms with Gasteiger partial charge in [-0.25, -0.2) is 0 Å². The molecule has 2 rings (SSSR count). The molecule has 0 aliphatic heterocycles. The molecule has 0 bridgehead atoms. The zero-order chi connectivity index (χ0) is 12.4. The SMILES string of the molecule is Cc1ccc(CC(=O)C2CCC(C)C2)cc1C. The molecule has 92 valence electrons. The Morgan fingerprint density at radius 1 is 1.24 bits per heavy atom. The van der Waals surface area contributed by atoms with Gasteiger partial charge in [0.2, 0.25) is 0 Å². The fraction of sp³-hybridized carbons (Fsp3) is 0.562. The fourth-order valence-electron chi connectivity index (χ4n) is 2.76. The smallest absolute Gasteiger partial charge is 0.140 e. The fourth-order valence-corrected chi connectivity index (χ4v) is 2.76. The highest BCUT2D eigenvalue weighted by Crippen LogP contribution is 2.31. The van der Waals surface area contributed by atoms with Crippen molar-refractivity contribution in [2.45, 2.75) is 46.5 Å². The predicted octanol–water partition coefficient (Wildman–Crippen LogP) is 3.85. The summed E-state index contributed by atoms with van der Waals surface area (Å²) in [7, 11) is 0. The van der Waals surface area contributed by atoms with Crippen molar-refractivity contribution >= 4 is 5.78 Å². The largest absolute Gasteiger partial charge is 0.299 e. The van der Waals surface area contributed by atoms with Crippen molar-refractivity contribution in [2.75, 3.05) is 0 Å². The molecule has 0 spiro atoms. The summed E-state index contributed by atoms with van der Waals surface area (Å²) in [5.41, 5.74) is 3.77. The minimum absolute atomic E-state index is 0.326. The Labute approximate surface area is 104 Å². The van der Waals surface area contributed by atoms with E-state index in [1.54, 1.807) is 0 Å². The van der Waals surface area contributed by atoms with Crippen LogP contribution in [0.15, 0.2) is 18.2 Å². The molecule has 1 aromatic carbocycles. The van der Waals surface area contributed by atoms with Gasteiger partial charge in [-0.2, -0.15) is 0 Å². The number of ketones is 1. The van der Waals surface area contributed by atoms with Gasteiger partial charge in [0.05, 0.1) is 0 Å². The van der Waals surface area contributed by atoms with Gasteiger partial charge in [0, 0.05) is 12.3 Å². The zero-order valence-electron chi connectivity index (χ0n) is 11.1. The molecule has 1 nitrogen and oxygen atoms in total. The molecule has 1 aromatic rings. The Kier molecular flexibility index (Phi) is 3.66. The number of carbonyl (C=O) groups excluding carboxylic acids is 1. The van der Waals surface area contributed by atoms with E-state index in [0.29, 0.717) is 18.1 Å². The lowest BCUT2D eigenvalue weighted by molar-refractivity contribution is -0.122. The first kappa shape index (κ1) is 12.3. The van der Waals surface area contributed by atoms with Crippen molar-refractivity contribution in [3.8, 4) is 0 Å². The predicted molar refractivity (Wildman–Crippen MR) is 71.1 cm³/mol. The lowest BCUT2D eigenvalue weighted by Crippen LogP contribution is -2.14. The zero-order valence-corrected chi connectivity index (χ0v) is 11.1. The van der Waals surface area contributed by atoms with E-state index in [0.717, 1.165) is 18.8 Å². The molecule has 1 heteroatoms. The van der Waals surface area contributed by atoms with Crippen molar-refractivity contribution < 1.29 is 4.79 Å². The van der Waals surface area contributed by atoms with Crippen LogP contribution in [0.3, 0.4) is 0 Å². The van der Waals surface area contributed by atoms with Crippen LogP contribution in [-0.4, -0.2) is 5.78 Å². The van der Waals surface area contributed by atoms with Gasteiger partial charge in [0.25, 0.3) is 0 Å². The van der Waals surface area contributed by atoms with Crippen LogP contribution in [-0.2, 0) is 11.2 Å². The van der Waals surface area contributed by atoms with Gasteiger partial charge in [-0.3, -0.25) is 4.79 Å². The molecule has 0 radical (unpaired) electrons. The normalized spacial score (nSPS) is 23.9. The van der Waals surface area contributed by atoms with Gasteiger partial charge in [0.15, 0.2) is 0 Å². The monoisotopic (exact) mass is 230 g/mol. The lowest BCUT2D eigenvalue weighted by Gasteiger charge is -2.09. The third kappa shape index (κ3) is 2.96. The minimum atomic E-state index is 0.326.